The van der Waals surface area contributed by atoms with Gasteiger partial charge in [-0.1, -0.05) is 83.8 Å². The number of rotatable bonds is 15. The fourth-order valence-electron chi connectivity index (χ4n) is 7.99. The summed E-state index contributed by atoms with van der Waals surface area (Å²) in [6.07, 6.45) is 5.22. The van der Waals surface area contributed by atoms with E-state index in [0.29, 0.717) is 36.6 Å². The fourth-order valence-corrected chi connectivity index (χ4v) is 11.4. The summed E-state index contributed by atoms with van der Waals surface area (Å²) in [5.74, 6) is -1.58. The quantitative estimate of drug-likeness (QED) is 0.0718. The van der Waals surface area contributed by atoms with Gasteiger partial charge in [0, 0.05) is 69.9 Å². The lowest BCUT2D eigenvalue weighted by Crippen LogP contribution is -2.60. The van der Waals surface area contributed by atoms with Crippen molar-refractivity contribution in [1.82, 2.24) is 15.5 Å². The number of esters is 1. The van der Waals surface area contributed by atoms with Crippen LogP contribution in [0.4, 0.5) is 10.5 Å². The molecule has 0 aliphatic carbocycles. The maximum Gasteiger partial charge on any atom is 0.409 e. The summed E-state index contributed by atoms with van der Waals surface area (Å²) in [7, 11) is 9.74. The van der Waals surface area contributed by atoms with Crippen molar-refractivity contribution in [3.63, 3.8) is 0 Å². The van der Waals surface area contributed by atoms with Crippen molar-refractivity contribution in [3.05, 3.63) is 52.1 Å². The number of nitrogens with one attached hydrogen (secondary N) is 2. The number of halogens is 1. The first-order valence-corrected chi connectivity index (χ1v) is 24.1. The number of hydrogen-bond acceptors (Lipinski definition) is 12. The van der Waals surface area contributed by atoms with Gasteiger partial charge in [-0.25, -0.2) is 9.59 Å². The number of fused-ring (bicyclic) bond motifs is 5. The van der Waals surface area contributed by atoms with Crippen molar-refractivity contribution >= 4 is 68.7 Å². The summed E-state index contributed by atoms with van der Waals surface area (Å²) in [4.78, 5) is 69.5. The average molecular weight is 924 g/mol. The van der Waals surface area contributed by atoms with E-state index in [1.165, 1.54) is 9.80 Å². The molecular weight excluding hydrogens is 856 g/mol. The second kappa shape index (κ2) is 22.1. The lowest BCUT2D eigenvalue weighted by atomic mass is 9.82. The van der Waals surface area contributed by atoms with Gasteiger partial charge in [0.05, 0.1) is 29.8 Å². The number of likely N-dealkylation sites (N-methyl/N-ethyl adjacent to an activating group) is 1. The maximum atomic E-state index is 14.3. The minimum Gasteiger partial charge on any atom is -0.457 e. The zero-order valence-corrected chi connectivity index (χ0v) is 40.5. The third-order valence-corrected chi connectivity index (χ3v) is 16.6. The molecule has 2 saturated heterocycles. The van der Waals surface area contributed by atoms with Crippen LogP contribution in [0.5, 0.6) is 0 Å². The first kappa shape index (κ1) is 51.4. The molecule has 3 heterocycles. The van der Waals surface area contributed by atoms with E-state index in [0.717, 1.165) is 35.3 Å². The van der Waals surface area contributed by atoms with Gasteiger partial charge >= 0.3 is 12.1 Å². The SMILES string of the molecule is CCC(CCC(=O)N(C)[C@@H](C)C(=O)O[C@H]1CC(=O)N(C)c2cc(cc(C)c2Cl)C/C(C)=C/C=C/[C@@H](C)[C@@]2(O)C[C@H](OC(=O)N2)[C@@H](C)[C@@H]2O[C@@]12C)(COC)SSCCCC(=O)NC. The van der Waals surface area contributed by atoms with Crippen molar-refractivity contribution in [2.24, 2.45) is 11.8 Å². The Morgan fingerprint density at radius 3 is 2.58 bits per heavy atom. The fraction of sp³-hybridized carbons (Fsp3) is 0.667. The number of epoxide rings is 1. The number of aryl methyl sites for hydroxylation is 1. The van der Waals surface area contributed by atoms with Gasteiger partial charge in [-0.15, -0.1) is 0 Å². The zero-order valence-electron chi connectivity index (χ0n) is 38.1. The number of amides is 4. The smallest absolute Gasteiger partial charge is 0.409 e. The number of methoxy groups -OCH3 is 1. The van der Waals surface area contributed by atoms with Crippen molar-refractivity contribution in [2.45, 2.75) is 140 Å². The number of hydrogen-bond donors (Lipinski definition) is 3. The van der Waals surface area contributed by atoms with Crippen LogP contribution in [0.15, 0.2) is 35.9 Å². The van der Waals surface area contributed by atoms with Crippen LogP contribution in [0.1, 0.15) is 97.6 Å². The summed E-state index contributed by atoms with van der Waals surface area (Å²) < 4.78 is 23.5. The average Bonchev–Trinajstić information content (AvgIpc) is 3.93. The van der Waals surface area contributed by atoms with E-state index < -0.39 is 59.6 Å². The topological polar surface area (TPSA) is 176 Å². The lowest BCUT2D eigenvalue weighted by Gasteiger charge is -2.41. The number of nitrogens with zero attached hydrogens (tertiary/aromatic N) is 2. The van der Waals surface area contributed by atoms with Gasteiger partial charge in [-0.05, 0) is 70.6 Å². The molecule has 1 aromatic rings. The minimum atomic E-state index is -1.62. The lowest BCUT2D eigenvalue weighted by molar-refractivity contribution is -0.162. The number of carbonyl (C=O) groups excluding carboxylic acids is 5. The van der Waals surface area contributed by atoms with Gasteiger partial charge in [-0.3, -0.25) is 19.7 Å². The molecule has 346 valence electrons. The first-order valence-electron chi connectivity index (χ1n) is 21.4. The number of ether oxygens (including phenoxy) is 4. The standard InChI is InChI=1S/C45H67ClN4O10S2/c1-12-44(26-57-11,62-61-20-14-17-36(51)47-8)19-18-37(52)49(9)31(6)41(54)59-35-24-38(53)50(10)33-23-32(22-28(3)39(33)46)21-27(2)15-13-16-29(4)45(56)25-34(58-42(55)48-45)30(5)40-43(35,7)60-40/h13,15-16,22-23,29-31,34-35,40,56H,12,14,17-21,24-26H2,1-11H3,(H,47,51)(H,48,55)/b16-13+,27-15+/t29-,30-,31+,34+,35+,40+,43+,44?,45+/m1/s1. The number of benzene rings is 1. The molecule has 17 heteroatoms. The normalized spacial score (nSPS) is 29.4. The van der Waals surface area contributed by atoms with E-state index >= 15 is 0 Å². The number of alkyl carbamates (subject to hydrolysis) is 1. The summed E-state index contributed by atoms with van der Waals surface area (Å²) in [6, 6.07) is 2.83. The summed E-state index contributed by atoms with van der Waals surface area (Å²) in [5, 5.41) is 17.4. The molecule has 62 heavy (non-hydrogen) atoms. The molecular formula is C45H67ClN4O10S2. The van der Waals surface area contributed by atoms with Crippen molar-refractivity contribution in [1.29, 1.82) is 0 Å². The van der Waals surface area contributed by atoms with Crippen LogP contribution in [-0.2, 0) is 44.5 Å². The Labute approximate surface area is 380 Å². The Hall–Kier alpha value is -3.28. The maximum absolute atomic E-state index is 14.3. The second-order valence-corrected chi connectivity index (χ2v) is 20.6. The van der Waals surface area contributed by atoms with Crippen LogP contribution in [0.25, 0.3) is 0 Å². The van der Waals surface area contributed by atoms with E-state index in [9.17, 15) is 29.1 Å². The Balaban J connectivity index is 1.59. The van der Waals surface area contributed by atoms with Crippen molar-refractivity contribution in [3.8, 4) is 0 Å². The molecule has 4 amide bonds. The predicted octanol–water partition coefficient (Wildman–Crippen LogP) is 6.92. The number of aliphatic hydroxyl groups is 1. The third-order valence-electron chi connectivity index (χ3n) is 12.7. The van der Waals surface area contributed by atoms with E-state index in [1.54, 1.807) is 63.7 Å². The van der Waals surface area contributed by atoms with Crippen LogP contribution in [0, 0.1) is 18.8 Å². The van der Waals surface area contributed by atoms with Crippen LogP contribution in [-0.4, -0.2) is 121 Å². The van der Waals surface area contributed by atoms with Gasteiger partial charge < -0.3 is 39.2 Å². The highest BCUT2D eigenvalue weighted by atomic mass is 35.5. The number of allylic oxidation sites excluding steroid dienone is 3. The summed E-state index contributed by atoms with van der Waals surface area (Å²) in [5.41, 5.74) is 0.417. The third kappa shape index (κ3) is 12.7. The molecule has 3 aliphatic rings. The highest BCUT2D eigenvalue weighted by Gasteiger charge is 2.64. The van der Waals surface area contributed by atoms with Crippen molar-refractivity contribution in [2.75, 3.05) is 45.5 Å². The number of carbonyl (C=O) groups is 5. The largest absolute Gasteiger partial charge is 0.457 e. The van der Waals surface area contributed by atoms with Gasteiger partial charge in [-0.2, -0.15) is 0 Å². The highest BCUT2D eigenvalue weighted by molar-refractivity contribution is 8.77. The molecule has 2 fully saturated rings. The van der Waals surface area contributed by atoms with E-state index in [-0.39, 0.29) is 41.7 Å². The van der Waals surface area contributed by atoms with Gasteiger partial charge in [0.2, 0.25) is 17.7 Å². The van der Waals surface area contributed by atoms with E-state index in [1.807, 2.05) is 58.1 Å². The van der Waals surface area contributed by atoms with Crippen LogP contribution in [0.2, 0.25) is 5.02 Å². The van der Waals surface area contributed by atoms with Gasteiger partial charge in [0.25, 0.3) is 0 Å². The Morgan fingerprint density at radius 2 is 1.92 bits per heavy atom. The molecule has 1 aromatic carbocycles. The molecule has 4 bridgehead atoms. The number of anilines is 1. The van der Waals surface area contributed by atoms with Gasteiger partial charge in [0.15, 0.2) is 0 Å². The Kier molecular flexibility index (Phi) is 18.3. The van der Waals surface area contributed by atoms with Crippen LogP contribution >= 0.6 is 33.2 Å². The molecule has 0 spiro atoms. The zero-order chi connectivity index (χ0) is 46.2. The van der Waals surface area contributed by atoms with Crippen molar-refractivity contribution < 1.29 is 48.0 Å². The molecule has 4 rings (SSSR count). The second-order valence-electron chi connectivity index (χ2n) is 17.3. The molecule has 1 unspecified atom stereocenters. The highest BCUT2D eigenvalue weighted by Crippen LogP contribution is 2.49. The molecule has 3 aliphatic heterocycles. The molecule has 9 atom stereocenters. The van der Waals surface area contributed by atoms with E-state index in [4.69, 9.17) is 30.5 Å². The molecule has 3 N–H and O–H groups in total. The van der Waals surface area contributed by atoms with Crippen LogP contribution in [0.3, 0.4) is 0 Å². The molecule has 0 saturated carbocycles. The minimum absolute atomic E-state index is 0.00441. The molecule has 0 aromatic heterocycles. The summed E-state index contributed by atoms with van der Waals surface area (Å²) in [6.45, 7) is 13.3. The first-order chi connectivity index (χ1) is 29.1. The predicted molar refractivity (Wildman–Crippen MR) is 245 cm³/mol. The Morgan fingerprint density at radius 1 is 1.21 bits per heavy atom. The van der Waals surface area contributed by atoms with Gasteiger partial charge in [0.1, 0.15) is 29.6 Å². The van der Waals surface area contributed by atoms with Crippen LogP contribution < -0.4 is 15.5 Å². The molecule has 14 nitrogen and oxygen atoms in total. The Bertz CT molecular complexity index is 1870. The summed E-state index contributed by atoms with van der Waals surface area (Å²) >= 11 is 6.83. The monoisotopic (exact) mass is 922 g/mol. The van der Waals surface area contributed by atoms with E-state index in [2.05, 4.69) is 17.6 Å². The molecule has 0 radical (unpaired) electrons.